The van der Waals surface area contributed by atoms with Crippen molar-refractivity contribution in [3.63, 3.8) is 0 Å². The first-order chi connectivity index (χ1) is 9.16. The van der Waals surface area contributed by atoms with Gasteiger partial charge in [-0.25, -0.2) is 0 Å². The van der Waals surface area contributed by atoms with Gasteiger partial charge in [0.05, 0.1) is 6.42 Å². The van der Waals surface area contributed by atoms with Gasteiger partial charge in [-0.05, 0) is 24.6 Å². The smallest absolute Gasteiger partial charge is 0.305 e. The van der Waals surface area contributed by atoms with Crippen LogP contribution in [-0.4, -0.2) is 15.6 Å². The summed E-state index contributed by atoms with van der Waals surface area (Å²) in [6, 6.07) is 14.5. The maximum absolute atomic E-state index is 10.8. The van der Waals surface area contributed by atoms with Gasteiger partial charge in [0.2, 0.25) is 0 Å². The van der Waals surface area contributed by atoms with Crippen molar-refractivity contribution in [1.82, 2.24) is 4.57 Å². The average Bonchev–Trinajstić information content (AvgIpc) is 2.69. The molecule has 0 fully saturated rings. The van der Waals surface area contributed by atoms with E-state index >= 15 is 0 Å². The maximum Gasteiger partial charge on any atom is 0.305 e. The number of hydrogen-bond acceptors (Lipinski definition) is 1. The van der Waals surface area contributed by atoms with E-state index < -0.39 is 5.97 Å². The monoisotopic (exact) mass is 253 g/mol. The first kappa shape index (κ1) is 11.8. The summed E-state index contributed by atoms with van der Waals surface area (Å²) >= 11 is 0. The van der Waals surface area contributed by atoms with Gasteiger partial charge in [0.15, 0.2) is 0 Å². The van der Waals surface area contributed by atoms with Crippen LogP contribution in [0.2, 0.25) is 0 Å². The Hall–Kier alpha value is -2.29. The Balaban J connectivity index is 2.30. The molecule has 2 aromatic carbocycles. The van der Waals surface area contributed by atoms with Crippen molar-refractivity contribution in [2.75, 3.05) is 0 Å². The van der Waals surface area contributed by atoms with E-state index in [9.17, 15) is 4.79 Å². The number of fused-ring (bicyclic) bond motifs is 3. The van der Waals surface area contributed by atoms with Crippen LogP contribution >= 0.6 is 0 Å². The highest BCUT2D eigenvalue weighted by Gasteiger charge is 2.10. The molecule has 0 unspecified atom stereocenters. The number of nitrogens with zero attached hydrogens (tertiary/aromatic N) is 1. The van der Waals surface area contributed by atoms with E-state index in [0.717, 1.165) is 11.0 Å². The fourth-order valence-corrected chi connectivity index (χ4v) is 2.61. The largest absolute Gasteiger partial charge is 0.481 e. The molecule has 0 saturated heterocycles. The molecule has 3 rings (SSSR count). The number of rotatable bonds is 3. The summed E-state index contributed by atoms with van der Waals surface area (Å²) in [7, 11) is 0. The van der Waals surface area contributed by atoms with Gasteiger partial charge in [0.1, 0.15) is 0 Å². The Morgan fingerprint density at radius 3 is 2.63 bits per heavy atom. The van der Waals surface area contributed by atoms with Gasteiger partial charge in [0, 0.05) is 28.4 Å². The molecule has 0 spiro atoms. The second-order valence-corrected chi connectivity index (χ2v) is 4.83. The highest BCUT2D eigenvalue weighted by molar-refractivity contribution is 6.08. The summed E-state index contributed by atoms with van der Waals surface area (Å²) in [6.45, 7) is 2.56. The third-order valence-corrected chi connectivity index (χ3v) is 3.48. The Kier molecular flexibility index (Phi) is 2.75. The zero-order valence-corrected chi connectivity index (χ0v) is 10.8. The van der Waals surface area contributed by atoms with Gasteiger partial charge in [-0.1, -0.05) is 30.3 Å². The zero-order valence-electron chi connectivity index (χ0n) is 10.8. The van der Waals surface area contributed by atoms with Gasteiger partial charge in [-0.2, -0.15) is 0 Å². The molecule has 3 heteroatoms. The van der Waals surface area contributed by atoms with Crippen LogP contribution in [0.25, 0.3) is 21.8 Å². The molecule has 1 heterocycles. The van der Waals surface area contributed by atoms with Crippen LogP contribution in [0.3, 0.4) is 0 Å². The molecule has 3 nitrogen and oxygen atoms in total. The lowest BCUT2D eigenvalue weighted by molar-refractivity contribution is -0.137. The van der Waals surface area contributed by atoms with Crippen LogP contribution in [0.15, 0.2) is 42.5 Å². The Bertz CT molecular complexity index is 771. The molecular formula is C16H15NO2. The lowest BCUT2D eigenvalue weighted by Crippen LogP contribution is -2.04. The molecular weight excluding hydrogens is 238 g/mol. The fraction of sp³-hybridized carbons (Fsp3) is 0.188. The van der Waals surface area contributed by atoms with E-state index in [1.807, 2.05) is 18.2 Å². The first-order valence-electron chi connectivity index (χ1n) is 6.36. The molecule has 0 atom stereocenters. The van der Waals surface area contributed by atoms with Crippen LogP contribution in [-0.2, 0) is 11.3 Å². The van der Waals surface area contributed by atoms with Crippen molar-refractivity contribution < 1.29 is 9.90 Å². The molecule has 19 heavy (non-hydrogen) atoms. The van der Waals surface area contributed by atoms with Crippen molar-refractivity contribution in [3.8, 4) is 0 Å². The van der Waals surface area contributed by atoms with E-state index in [1.54, 1.807) is 0 Å². The normalized spacial score (nSPS) is 11.2. The minimum Gasteiger partial charge on any atom is -0.481 e. The second kappa shape index (κ2) is 4.43. The van der Waals surface area contributed by atoms with E-state index in [2.05, 4.69) is 35.8 Å². The molecule has 3 aromatic rings. The van der Waals surface area contributed by atoms with Gasteiger partial charge < -0.3 is 9.67 Å². The van der Waals surface area contributed by atoms with E-state index in [4.69, 9.17) is 5.11 Å². The summed E-state index contributed by atoms with van der Waals surface area (Å²) < 4.78 is 2.10. The number of aryl methyl sites for hydroxylation is 2. The number of carbonyl (C=O) groups is 1. The lowest BCUT2D eigenvalue weighted by Gasteiger charge is -2.05. The van der Waals surface area contributed by atoms with Gasteiger partial charge in [-0.15, -0.1) is 0 Å². The third kappa shape index (κ3) is 1.97. The Labute approximate surface area is 111 Å². The van der Waals surface area contributed by atoms with Gasteiger partial charge >= 0.3 is 5.97 Å². The number of aromatic nitrogens is 1. The van der Waals surface area contributed by atoms with Gasteiger partial charge in [0.25, 0.3) is 0 Å². The minimum atomic E-state index is -0.765. The van der Waals surface area contributed by atoms with Crippen molar-refractivity contribution in [2.24, 2.45) is 0 Å². The van der Waals surface area contributed by atoms with Crippen LogP contribution in [0.1, 0.15) is 12.0 Å². The van der Waals surface area contributed by atoms with Crippen LogP contribution in [0, 0.1) is 6.92 Å². The van der Waals surface area contributed by atoms with Crippen molar-refractivity contribution >= 4 is 27.8 Å². The third-order valence-electron chi connectivity index (χ3n) is 3.48. The first-order valence-corrected chi connectivity index (χ1v) is 6.36. The SMILES string of the molecule is Cc1ccc2c3ccccc3n(CCC(=O)O)c2c1. The predicted octanol–water partition coefficient (Wildman–Crippen LogP) is 3.58. The summed E-state index contributed by atoms with van der Waals surface area (Å²) in [6.07, 6.45) is 0.141. The molecule has 1 N–H and O–H groups in total. The average molecular weight is 253 g/mol. The molecule has 0 bridgehead atoms. The molecule has 0 aliphatic carbocycles. The summed E-state index contributed by atoms with van der Waals surface area (Å²) in [5.41, 5.74) is 3.40. The lowest BCUT2D eigenvalue weighted by atomic mass is 10.1. The van der Waals surface area contributed by atoms with Crippen molar-refractivity contribution in [1.29, 1.82) is 0 Å². The zero-order chi connectivity index (χ0) is 13.4. The summed E-state index contributed by atoms with van der Waals surface area (Å²) in [5.74, 6) is -0.765. The molecule has 1 aromatic heterocycles. The number of aliphatic carboxylic acids is 1. The summed E-state index contributed by atoms with van der Waals surface area (Å²) in [5, 5.41) is 11.3. The fourth-order valence-electron chi connectivity index (χ4n) is 2.61. The number of para-hydroxylation sites is 1. The molecule has 0 amide bonds. The molecule has 0 aliphatic rings. The van der Waals surface area contributed by atoms with Gasteiger partial charge in [-0.3, -0.25) is 4.79 Å². The van der Waals surface area contributed by atoms with Crippen LogP contribution < -0.4 is 0 Å². The maximum atomic E-state index is 10.8. The van der Waals surface area contributed by atoms with E-state index in [1.165, 1.54) is 16.3 Å². The number of benzene rings is 2. The number of carboxylic acid groups (broad SMARTS) is 1. The molecule has 96 valence electrons. The minimum absolute atomic E-state index is 0.141. The molecule has 0 aliphatic heterocycles. The van der Waals surface area contributed by atoms with Crippen LogP contribution in [0.4, 0.5) is 0 Å². The second-order valence-electron chi connectivity index (χ2n) is 4.83. The van der Waals surface area contributed by atoms with Crippen molar-refractivity contribution in [2.45, 2.75) is 19.9 Å². The molecule has 0 radical (unpaired) electrons. The Morgan fingerprint density at radius 1 is 1.11 bits per heavy atom. The highest BCUT2D eigenvalue weighted by Crippen LogP contribution is 2.29. The standard InChI is InChI=1S/C16H15NO2/c1-11-6-7-13-12-4-2-3-5-14(12)17(15(13)10-11)9-8-16(18)19/h2-7,10H,8-9H2,1H3,(H,18,19). The Morgan fingerprint density at radius 2 is 1.84 bits per heavy atom. The predicted molar refractivity (Wildman–Crippen MR) is 76.4 cm³/mol. The van der Waals surface area contributed by atoms with Crippen molar-refractivity contribution in [3.05, 3.63) is 48.0 Å². The topological polar surface area (TPSA) is 42.2 Å². The number of carboxylic acids is 1. The number of hydrogen-bond donors (Lipinski definition) is 1. The van der Waals surface area contributed by atoms with Crippen LogP contribution in [0.5, 0.6) is 0 Å². The van der Waals surface area contributed by atoms with E-state index in [0.29, 0.717) is 6.54 Å². The highest BCUT2D eigenvalue weighted by atomic mass is 16.4. The quantitative estimate of drug-likeness (QED) is 0.775. The molecule has 0 saturated carbocycles. The summed E-state index contributed by atoms with van der Waals surface area (Å²) in [4.78, 5) is 10.8. The van der Waals surface area contributed by atoms with E-state index in [-0.39, 0.29) is 6.42 Å².